The van der Waals surface area contributed by atoms with Crippen molar-refractivity contribution in [3.63, 3.8) is 0 Å². The molecule has 6 heteroatoms. The fourth-order valence-electron chi connectivity index (χ4n) is 5.87. The number of hydrogen-bond acceptors (Lipinski definition) is 5. The molecule has 2 aliphatic carbocycles. The van der Waals surface area contributed by atoms with Crippen molar-refractivity contribution in [2.45, 2.75) is 95.3 Å². The Morgan fingerprint density at radius 2 is 1.80 bits per heavy atom. The van der Waals surface area contributed by atoms with E-state index in [4.69, 9.17) is 4.98 Å². The van der Waals surface area contributed by atoms with Gasteiger partial charge in [-0.05, 0) is 49.3 Å². The SMILES string of the molecule is CCSc1nc2sc3c(c2c(=O)n1C1CCCCC1)CCN(CC1CCCCC1)C3. The minimum absolute atomic E-state index is 0.251. The van der Waals surface area contributed by atoms with Gasteiger partial charge in [-0.1, -0.05) is 57.2 Å². The normalized spacial score (nSPS) is 21.9. The summed E-state index contributed by atoms with van der Waals surface area (Å²) in [5.41, 5.74) is 1.58. The second-order valence-corrected chi connectivity index (χ2v) is 11.8. The average molecular weight is 446 g/mol. The summed E-state index contributed by atoms with van der Waals surface area (Å²) < 4.78 is 2.09. The summed E-state index contributed by atoms with van der Waals surface area (Å²) >= 11 is 3.54. The van der Waals surface area contributed by atoms with Gasteiger partial charge in [0.1, 0.15) is 4.83 Å². The van der Waals surface area contributed by atoms with Crippen LogP contribution in [0, 0.1) is 5.92 Å². The van der Waals surface area contributed by atoms with Crippen LogP contribution < -0.4 is 5.56 Å². The quantitative estimate of drug-likeness (QED) is 0.417. The van der Waals surface area contributed by atoms with Gasteiger partial charge in [0.15, 0.2) is 5.16 Å². The Morgan fingerprint density at radius 3 is 2.53 bits per heavy atom. The van der Waals surface area contributed by atoms with Crippen molar-refractivity contribution in [3.05, 3.63) is 20.8 Å². The fourth-order valence-corrected chi connectivity index (χ4v) is 7.97. The van der Waals surface area contributed by atoms with Gasteiger partial charge in [0.2, 0.25) is 0 Å². The number of hydrogen-bond donors (Lipinski definition) is 0. The Hall–Kier alpha value is -0.850. The number of rotatable bonds is 5. The molecule has 2 aromatic rings. The summed E-state index contributed by atoms with van der Waals surface area (Å²) in [6.07, 6.45) is 14.1. The van der Waals surface area contributed by atoms with Crippen molar-refractivity contribution in [2.24, 2.45) is 5.92 Å². The predicted molar refractivity (Wildman–Crippen MR) is 128 cm³/mol. The third kappa shape index (κ3) is 4.12. The molecule has 2 saturated carbocycles. The molecule has 3 aliphatic rings. The van der Waals surface area contributed by atoms with Gasteiger partial charge in [-0.3, -0.25) is 14.3 Å². The number of fused-ring (bicyclic) bond motifs is 3. The van der Waals surface area contributed by atoms with Crippen LogP contribution in [0.1, 0.15) is 87.6 Å². The van der Waals surface area contributed by atoms with Gasteiger partial charge in [0.05, 0.1) is 5.39 Å². The first kappa shape index (κ1) is 21.0. The highest BCUT2D eigenvalue weighted by atomic mass is 32.2. The number of thiophene rings is 1. The lowest BCUT2D eigenvalue weighted by atomic mass is 9.88. The molecule has 1 aliphatic heterocycles. The van der Waals surface area contributed by atoms with E-state index in [2.05, 4.69) is 16.4 Å². The summed E-state index contributed by atoms with van der Waals surface area (Å²) in [6.45, 7) is 5.52. The number of nitrogens with zero attached hydrogens (tertiary/aromatic N) is 3. The van der Waals surface area contributed by atoms with Gasteiger partial charge in [0.25, 0.3) is 5.56 Å². The molecule has 0 bridgehead atoms. The minimum Gasteiger partial charge on any atom is -0.298 e. The zero-order valence-corrected chi connectivity index (χ0v) is 20.0. The van der Waals surface area contributed by atoms with Crippen molar-refractivity contribution in [2.75, 3.05) is 18.8 Å². The molecule has 0 aromatic carbocycles. The standard InChI is InChI=1S/C24H35N3OS2/c1-2-29-24-25-22-21(23(28)27(24)18-11-7-4-8-12-18)19-13-14-26(16-20(19)30-22)15-17-9-5-3-6-10-17/h17-18H,2-16H2,1H3. The van der Waals surface area contributed by atoms with E-state index in [1.807, 2.05) is 0 Å². The lowest BCUT2D eigenvalue weighted by Crippen LogP contribution is -2.35. The zero-order chi connectivity index (χ0) is 20.5. The zero-order valence-electron chi connectivity index (χ0n) is 18.3. The van der Waals surface area contributed by atoms with Crippen molar-refractivity contribution in [3.8, 4) is 0 Å². The monoisotopic (exact) mass is 445 g/mol. The smallest absolute Gasteiger partial charge is 0.263 e. The molecule has 0 atom stereocenters. The van der Waals surface area contributed by atoms with Gasteiger partial charge < -0.3 is 0 Å². The van der Waals surface area contributed by atoms with Crippen LogP contribution in [0.15, 0.2) is 9.95 Å². The molecular weight excluding hydrogens is 410 g/mol. The molecule has 2 aromatic heterocycles. The Bertz CT molecular complexity index is 938. The summed E-state index contributed by atoms with van der Waals surface area (Å²) in [5.74, 6) is 1.84. The van der Waals surface area contributed by atoms with E-state index in [1.165, 1.54) is 68.4 Å². The number of thioether (sulfide) groups is 1. The topological polar surface area (TPSA) is 38.1 Å². The molecular formula is C24H35N3OS2. The largest absolute Gasteiger partial charge is 0.298 e. The summed E-state index contributed by atoms with van der Waals surface area (Å²) in [7, 11) is 0. The molecule has 2 fully saturated rings. The highest BCUT2D eigenvalue weighted by Crippen LogP contribution is 2.37. The second-order valence-electron chi connectivity index (χ2n) is 9.47. The summed E-state index contributed by atoms with van der Waals surface area (Å²) in [4.78, 5) is 23.9. The van der Waals surface area contributed by atoms with E-state index >= 15 is 0 Å². The van der Waals surface area contributed by atoms with Gasteiger partial charge >= 0.3 is 0 Å². The molecule has 4 nitrogen and oxygen atoms in total. The van der Waals surface area contributed by atoms with Gasteiger partial charge in [0, 0.05) is 30.6 Å². The van der Waals surface area contributed by atoms with Crippen LogP contribution >= 0.6 is 23.1 Å². The molecule has 0 unspecified atom stereocenters. The summed E-state index contributed by atoms with van der Waals surface area (Å²) in [6, 6.07) is 0.346. The molecule has 0 saturated heterocycles. The predicted octanol–water partition coefficient (Wildman–Crippen LogP) is 6.01. The maximum Gasteiger partial charge on any atom is 0.263 e. The van der Waals surface area contributed by atoms with Gasteiger partial charge in [-0.25, -0.2) is 4.98 Å². The molecule has 3 heterocycles. The Morgan fingerprint density at radius 1 is 1.07 bits per heavy atom. The average Bonchev–Trinajstić information content (AvgIpc) is 3.13. The van der Waals surface area contributed by atoms with Gasteiger partial charge in [-0.2, -0.15) is 0 Å². The van der Waals surface area contributed by atoms with Crippen LogP contribution in [0.3, 0.4) is 0 Å². The maximum atomic E-state index is 13.8. The minimum atomic E-state index is 0.251. The third-order valence-electron chi connectivity index (χ3n) is 7.41. The molecule has 0 spiro atoms. The van der Waals surface area contributed by atoms with Crippen molar-refractivity contribution in [1.29, 1.82) is 0 Å². The summed E-state index contributed by atoms with van der Waals surface area (Å²) in [5, 5.41) is 1.91. The molecule has 0 amide bonds. The molecule has 5 rings (SSSR count). The van der Waals surface area contributed by atoms with E-state index in [9.17, 15) is 4.79 Å². The Balaban J connectivity index is 1.47. The third-order valence-corrected chi connectivity index (χ3v) is 9.35. The molecule has 0 N–H and O–H groups in total. The van der Waals surface area contributed by atoms with E-state index in [0.717, 1.165) is 59.4 Å². The van der Waals surface area contributed by atoms with Gasteiger partial charge in [-0.15, -0.1) is 11.3 Å². The number of aromatic nitrogens is 2. The maximum absolute atomic E-state index is 13.8. The first-order valence-electron chi connectivity index (χ1n) is 12.2. The molecule has 164 valence electrons. The Labute approximate surface area is 188 Å². The van der Waals surface area contributed by atoms with Crippen LogP contribution in [-0.4, -0.2) is 33.3 Å². The second kappa shape index (κ2) is 9.33. The van der Waals surface area contributed by atoms with Crippen molar-refractivity contribution in [1.82, 2.24) is 14.5 Å². The Kier molecular flexibility index (Phi) is 6.54. The molecule has 30 heavy (non-hydrogen) atoms. The van der Waals surface area contributed by atoms with Crippen LogP contribution in [-0.2, 0) is 13.0 Å². The van der Waals surface area contributed by atoms with E-state index in [1.54, 1.807) is 23.1 Å². The highest BCUT2D eigenvalue weighted by molar-refractivity contribution is 7.99. The van der Waals surface area contributed by atoms with Crippen molar-refractivity contribution < 1.29 is 0 Å². The van der Waals surface area contributed by atoms with Crippen LogP contribution in [0.4, 0.5) is 0 Å². The van der Waals surface area contributed by atoms with Crippen molar-refractivity contribution >= 4 is 33.3 Å². The fraction of sp³-hybridized carbons (Fsp3) is 0.750. The molecule has 0 radical (unpaired) electrons. The highest BCUT2D eigenvalue weighted by Gasteiger charge is 2.28. The lowest BCUT2D eigenvalue weighted by Gasteiger charge is -2.32. The van der Waals surface area contributed by atoms with E-state index in [-0.39, 0.29) is 5.56 Å². The van der Waals surface area contributed by atoms with E-state index in [0.29, 0.717) is 6.04 Å². The van der Waals surface area contributed by atoms with Crippen LogP contribution in [0.5, 0.6) is 0 Å². The van der Waals surface area contributed by atoms with E-state index < -0.39 is 0 Å². The van der Waals surface area contributed by atoms with Crippen LogP contribution in [0.2, 0.25) is 0 Å². The first-order valence-corrected chi connectivity index (χ1v) is 14.0. The lowest BCUT2D eigenvalue weighted by molar-refractivity contribution is 0.189. The first-order chi connectivity index (χ1) is 14.7. The van der Waals surface area contributed by atoms with Crippen LogP contribution in [0.25, 0.3) is 10.2 Å².